The van der Waals surface area contributed by atoms with Crippen LogP contribution in [0.3, 0.4) is 0 Å². The number of aromatic nitrogens is 2. The van der Waals surface area contributed by atoms with Crippen LogP contribution in [-0.2, 0) is 6.54 Å². The summed E-state index contributed by atoms with van der Waals surface area (Å²) in [4.78, 5) is 3.68. The second-order valence-electron chi connectivity index (χ2n) is 5.45. The van der Waals surface area contributed by atoms with Gasteiger partial charge in [-0.25, -0.2) is 4.85 Å². The molecule has 1 aliphatic heterocycles. The molecule has 0 aliphatic carbocycles. The molecule has 0 spiro atoms. The van der Waals surface area contributed by atoms with Crippen molar-refractivity contribution in [3.05, 3.63) is 64.6 Å². The van der Waals surface area contributed by atoms with Crippen LogP contribution in [0, 0.1) is 20.4 Å². The lowest BCUT2D eigenvalue weighted by molar-refractivity contribution is -0.749. The molecule has 0 fully saturated rings. The zero-order valence-electron chi connectivity index (χ0n) is 11.5. The maximum Gasteiger partial charge on any atom is 0.217 e. The molecule has 0 radical (unpaired) electrons. The van der Waals surface area contributed by atoms with Crippen molar-refractivity contribution < 1.29 is 4.68 Å². The van der Waals surface area contributed by atoms with Crippen LogP contribution < -0.4 is 4.68 Å². The molecule has 0 N–H and O–H groups in total. The molecule has 4 rings (SSSR count). The Hall–Kier alpha value is -2.60. The molecule has 0 amide bonds. The summed E-state index contributed by atoms with van der Waals surface area (Å²) >= 11 is 0. The fourth-order valence-corrected chi connectivity index (χ4v) is 3.32. The van der Waals surface area contributed by atoms with E-state index in [1.165, 1.54) is 22.4 Å². The van der Waals surface area contributed by atoms with Crippen LogP contribution in [0.5, 0.6) is 0 Å². The van der Waals surface area contributed by atoms with E-state index < -0.39 is 0 Å². The summed E-state index contributed by atoms with van der Waals surface area (Å²) in [7, 11) is 0. The lowest BCUT2D eigenvalue weighted by Gasteiger charge is -2.05. The number of hydrogen-bond acceptors (Lipinski definition) is 0. The third-order valence-corrected chi connectivity index (χ3v) is 3.99. The SMILES string of the molecule is [C-]#[N+]c1cccc2c[n+]3n(c12)-c1c(C)cc(C)cc1C3. The maximum atomic E-state index is 7.40. The maximum absolute atomic E-state index is 7.40. The van der Waals surface area contributed by atoms with Gasteiger partial charge in [0.2, 0.25) is 11.9 Å². The summed E-state index contributed by atoms with van der Waals surface area (Å²) in [5.74, 6) is 0. The van der Waals surface area contributed by atoms with Gasteiger partial charge in [-0.05, 0) is 31.5 Å². The first-order chi connectivity index (χ1) is 9.69. The van der Waals surface area contributed by atoms with E-state index in [1.807, 2.05) is 12.1 Å². The minimum absolute atomic E-state index is 0.717. The third-order valence-electron chi connectivity index (χ3n) is 3.99. The monoisotopic (exact) mass is 260 g/mol. The van der Waals surface area contributed by atoms with E-state index in [1.54, 1.807) is 0 Å². The lowest BCUT2D eigenvalue weighted by Crippen LogP contribution is -2.36. The predicted octanol–water partition coefficient (Wildman–Crippen LogP) is 3.45. The molecule has 96 valence electrons. The van der Waals surface area contributed by atoms with Gasteiger partial charge in [0, 0.05) is 5.56 Å². The number of nitrogens with zero attached hydrogens (tertiary/aromatic N) is 3. The molecular formula is C17H14N3+. The average Bonchev–Trinajstić information content (AvgIpc) is 2.92. The molecule has 3 heteroatoms. The van der Waals surface area contributed by atoms with Crippen molar-refractivity contribution in [3.8, 4) is 5.69 Å². The van der Waals surface area contributed by atoms with Crippen LogP contribution in [0.25, 0.3) is 21.4 Å². The average molecular weight is 260 g/mol. The molecule has 2 aromatic carbocycles. The van der Waals surface area contributed by atoms with Gasteiger partial charge in [-0.3, -0.25) is 0 Å². The molecule has 3 aromatic rings. The van der Waals surface area contributed by atoms with E-state index in [0.29, 0.717) is 5.69 Å². The van der Waals surface area contributed by atoms with Gasteiger partial charge in [0.1, 0.15) is 11.2 Å². The van der Waals surface area contributed by atoms with E-state index >= 15 is 0 Å². The summed E-state index contributed by atoms with van der Waals surface area (Å²) in [6.07, 6.45) is 2.14. The largest absolute Gasteiger partial charge is 0.236 e. The molecule has 0 saturated carbocycles. The third kappa shape index (κ3) is 1.31. The van der Waals surface area contributed by atoms with E-state index in [4.69, 9.17) is 6.57 Å². The minimum Gasteiger partial charge on any atom is -0.236 e. The zero-order valence-corrected chi connectivity index (χ0v) is 11.5. The van der Waals surface area contributed by atoms with Gasteiger partial charge in [-0.2, -0.15) is 0 Å². The summed E-state index contributed by atoms with van der Waals surface area (Å²) in [6.45, 7) is 12.6. The quantitative estimate of drug-likeness (QED) is 0.339. The Kier molecular flexibility index (Phi) is 2.08. The first kappa shape index (κ1) is 11.2. The first-order valence-electron chi connectivity index (χ1n) is 6.71. The van der Waals surface area contributed by atoms with Crippen LogP contribution >= 0.6 is 0 Å². The van der Waals surface area contributed by atoms with Gasteiger partial charge < -0.3 is 0 Å². The van der Waals surface area contributed by atoms with E-state index in [9.17, 15) is 0 Å². The smallest absolute Gasteiger partial charge is 0.217 e. The van der Waals surface area contributed by atoms with Crippen molar-refractivity contribution in [2.24, 2.45) is 0 Å². The van der Waals surface area contributed by atoms with Crippen LogP contribution in [-0.4, -0.2) is 4.68 Å². The summed E-state index contributed by atoms with van der Waals surface area (Å²) in [5, 5.41) is 1.13. The van der Waals surface area contributed by atoms with Crippen molar-refractivity contribution in [1.82, 2.24) is 4.68 Å². The molecule has 1 aromatic heterocycles. The zero-order chi connectivity index (χ0) is 13.9. The lowest BCUT2D eigenvalue weighted by atomic mass is 10.0. The highest BCUT2D eigenvalue weighted by Crippen LogP contribution is 2.33. The normalized spacial score (nSPS) is 12.2. The topological polar surface area (TPSA) is 13.2 Å². The van der Waals surface area contributed by atoms with Crippen LogP contribution in [0.4, 0.5) is 5.69 Å². The second-order valence-corrected chi connectivity index (χ2v) is 5.45. The number of para-hydroxylation sites is 1. The Bertz CT molecular complexity index is 910. The van der Waals surface area contributed by atoms with Gasteiger partial charge in [-0.1, -0.05) is 23.8 Å². The molecule has 0 bridgehead atoms. The summed E-state index contributed by atoms with van der Waals surface area (Å²) < 4.78 is 4.41. The number of benzene rings is 2. The van der Waals surface area contributed by atoms with E-state index in [-0.39, 0.29) is 0 Å². The fraction of sp³-hybridized carbons (Fsp3) is 0.176. The molecule has 20 heavy (non-hydrogen) atoms. The molecule has 3 nitrogen and oxygen atoms in total. The Morgan fingerprint density at radius 2 is 2.10 bits per heavy atom. The van der Waals surface area contributed by atoms with Crippen molar-refractivity contribution >= 4 is 16.6 Å². The molecule has 0 saturated heterocycles. The van der Waals surface area contributed by atoms with E-state index in [2.05, 4.69) is 52.5 Å². The summed E-state index contributed by atoms with van der Waals surface area (Å²) in [5.41, 5.74) is 6.87. The number of aryl methyl sites for hydroxylation is 2. The van der Waals surface area contributed by atoms with Crippen LogP contribution in [0.1, 0.15) is 16.7 Å². The van der Waals surface area contributed by atoms with Gasteiger partial charge in [0.25, 0.3) is 0 Å². The van der Waals surface area contributed by atoms with Gasteiger partial charge >= 0.3 is 0 Å². The van der Waals surface area contributed by atoms with Crippen molar-refractivity contribution in [1.29, 1.82) is 0 Å². The molecule has 0 unspecified atom stereocenters. The Morgan fingerprint density at radius 3 is 2.90 bits per heavy atom. The van der Waals surface area contributed by atoms with Crippen LogP contribution in [0.15, 0.2) is 36.5 Å². The minimum atomic E-state index is 0.717. The fourth-order valence-electron chi connectivity index (χ4n) is 3.32. The first-order valence-corrected chi connectivity index (χ1v) is 6.71. The van der Waals surface area contributed by atoms with Crippen LogP contribution in [0.2, 0.25) is 0 Å². The Morgan fingerprint density at radius 1 is 1.25 bits per heavy atom. The van der Waals surface area contributed by atoms with Crippen molar-refractivity contribution in [2.75, 3.05) is 0 Å². The molecule has 2 heterocycles. The van der Waals surface area contributed by atoms with Gasteiger partial charge in [0.15, 0.2) is 6.54 Å². The molecular weight excluding hydrogens is 246 g/mol. The van der Waals surface area contributed by atoms with Gasteiger partial charge in [0.05, 0.1) is 12.0 Å². The Balaban J connectivity index is 2.16. The number of hydrogen-bond donors (Lipinski definition) is 0. The summed E-state index contributed by atoms with van der Waals surface area (Å²) in [6, 6.07) is 10.4. The number of rotatable bonds is 0. The standard InChI is InChI=1S/C17H14N3/c1-11-7-12(2)16-14(8-11)10-19-9-13-5-4-6-15(18-3)17(13)20(16)19/h4-9H,10H2,1-2H3/q+1. The number of fused-ring (bicyclic) bond motifs is 5. The highest BCUT2D eigenvalue weighted by molar-refractivity contribution is 5.92. The van der Waals surface area contributed by atoms with E-state index in [0.717, 1.165) is 17.4 Å². The molecule has 1 aliphatic rings. The molecule has 0 atom stereocenters. The predicted molar refractivity (Wildman–Crippen MR) is 78.3 cm³/mol. The van der Waals surface area contributed by atoms with Gasteiger partial charge in [-0.15, -0.1) is 9.36 Å². The highest BCUT2D eigenvalue weighted by Gasteiger charge is 2.30. The second kappa shape index (κ2) is 3.71. The van der Waals surface area contributed by atoms with Crippen molar-refractivity contribution in [2.45, 2.75) is 20.4 Å². The van der Waals surface area contributed by atoms with Crippen molar-refractivity contribution in [3.63, 3.8) is 0 Å². The highest BCUT2D eigenvalue weighted by atomic mass is 15.4. The Labute approximate surface area is 117 Å².